The van der Waals surface area contributed by atoms with Crippen LogP contribution in [0.4, 0.5) is 13.2 Å². The SMILES string of the molecule is O=C(COc1cccc(Cl)c1Cl)N/N=C/c1ccccc1C(F)(F)F. The van der Waals surface area contributed by atoms with E-state index >= 15 is 0 Å². The Kier molecular flexibility index (Phi) is 6.27. The predicted octanol–water partition coefficient (Wildman–Crippen LogP) is 4.54. The standard InChI is InChI=1S/C16H11Cl2F3N2O2/c17-12-6-3-7-13(15(12)18)25-9-14(24)23-22-8-10-4-1-2-5-11(10)16(19,20)21/h1-8H,9H2,(H,23,24)/b22-8+. The van der Waals surface area contributed by atoms with E-state index in [2.05, 4.69) is 10.5 Å². The van der Waals surface area contributed by atoms with E-state index in [1.54, 1.807) is 12.1 Å². The molecular formula is C16H11Cl2F3N2O2. The third-order valence-corrected chi connectivity index (χ3v) is 3.74. The van der Waals surface area contributed by atoms with Crippen LogP contribution >= 0.6 is 23.2 Å². The normalized spacial score (nSPS) is 11.6. The van der Waals surface area contributed by atoms with E-state index in [1.165, 1.54) is 24.3 Å². The second kappa shape index (κ2) is 8.22. The lowest BCUT2D eigenvalue weighted by Crippen LogP contribution is -2.24. The minimum absolute atomic E-state index is 0.152. The fourth-order valence-electron chi connectivity index (χ4n) is 1.81. The highest BCUT2D eigenvalue weighted by molar-refractivity contribution is 6.42. The third-order valence-electron chi connectivity index (χ3n) is 2.93. The Bertz CT molecular complexity index is 795. The fourth-order valence-corrected chi connectivity index (χ4v) is 2.16. The summed E-state index contributed by atoms with van der Waals surface area (Å²) in [5, 5.41) is 3.92. The summed E-state index contributed by atoms with van der Waals surface area (Å²) in [5.41, 5.74) is 1.05. The highest BCUT2D eigenvalue weighted by Gasteiger charge is 2.32. The number of benzene rings is 2. The first-order valence-corrected chi connectivity index (χ1v) is 7.59. The maximum absolute atomic E-state index is 12.8. The molecule has 1 amide bonds. The minimum atomic E-state index is -4.51. The zero-order valence-corrected chi connectivity index (χ0v) is 14.0. The molecule has 2 aromatic rings. The highest BCUT2D eigenvalue weighted by atomic mass is 35.5. The van der Waals surface area contributed by atoms with Crippen molar-refractivity contribution >= 4 is 35.3 Å². The maximum Gasteiger partial charge on any atom is 0.417 e. The molecule has 0 aromatic heterocycles. The van der Waals surface area contributed by atoms with Crippen LogP contribution in [0, 0.1) is 0 Å². The van der Waals surface area contributed by atoms with Gasteiger partial charge in [0.25, 0.3) is 5.91 Å². The van der Waals surface area contributed by atoms with Crippen LogP contribution in [-0.4, -0.2) is 18.7 Å². The lowest BCUT2D eigenvalue weighted by atomic mass is 10.1. The molecule has 0 heterocycles. The average molecular weight is 391 g/mol. The zero-order valence-electron chi connectivity index (χ0n) is 12.5. The van der Waals surface area contributed by atoms with E-state index in [4.69, 9.17) is 27.9 Å². The van der Waals surface area contributed by atoms with E-state index in [0.717, 1.165) is 12.3 Å². The molecule has 2 aromatic carbocycles. The largest absolute Gasteiger partial charge is 0.482 e. The van der Waals surface area contributed by atoms with Crippen molar-refractivity contribution in [2.24, 2.45) is 5.10 Å². The molecule has 2 rings (SSSR count). The molecule has 0 aliphatic carbocycles. The van der Waals surface area contributed by atoms with Gasteiger partial charge in [-0.05, 0) is 18.2 Å². The minimum Gasteiger partial charge on any atom is -0.482 e. The lowest BCUT2D eigenvalue weighted by Gasteiger charge is -2.09. The van der Waals surface area contributed by atoms with E-state index in [1.807, 2.05) is 0 Å². The summed E-state index contributed by atoms with van der Waals surface area (Å²) in [6.45, 7) is -0.432. The Morgan fingerprint density at radius 1 is 1.16 bits per heavy atom. The maximum atomic E-state index is 12.8. The number of carbonyl (C=O) groups excluding carboxylic acids is 1. The number of ether oxygens (including phenoxy) is 1. The fraction of sp³-hybridized carbons (Fsp3) is 0.125. The first-order chi connectivity index (χ1) is 11.8. The molecule has 0 bridgehead atoms. The van der Waals surface area contributed by atoms with Gasteiger partial charge in [0, 0.05) is 5.56 Å². The van der Waals surface area contributed by atoms with E-state index in [9.17, 15) is 18.0 Å². The number of halogens is 5. The topological polar surface area (TPSA) is 50.7 Å². The number of hydrogen-bond acceptors (Lipinski definition) is 3. The first kappa shape index (κ1) is 19.1. The van der Waals surface area contributed by atoms with Crippen molar-refractivity contribution in [2.45, 2.75) is 6.18 Å². The quantitative estimate of drug-likeness (QED) is 0.601. The van der Waals surface area contributed by atoms with Gasteiger partial charge in [-0.25, -0.2) is 5.43 Å². The molecule has 0 spiro atoms. The number of alkyl halides is 3. The molecule has 0 unspecified atom stereocenters. The van der Waals surface area contributed by atoms with Gasteiger partial charge in [-0.1, -0.05) is 47.5 Å². The number of carbonyl (C=O) groups is 1. The van der Waals surface area contributed by atoms with E-state index in [0.29, 0.717) is 0 Å². The van der Waals surface area contributed by atoms with Crippen LogP contribution in [0.3, 0.4) is 0 Å². The van der Waals surface area contributed by atoms with Gasteiger partial charge in [0.15, 0.2) is 6.61 Å². The van der Waals surface area contributed by atoms with Gasteiger partial charge in [-0.3, -0.25) is 4.79 Å². The Hall–Kier alpha value is -2.25. The number of nitrogens with one attached hydrogen (secondary N) is 1. The van der Waals surface area contributed by atoms with Crippen molar-refractivity contribution in [3.8, 4) is 5.75 Å². The molecule has 0 saturated carbocycles. The Morgan fingerprint density at radius 2 is 1.88 bits per heavy atom. The number of nitrogens with zero attached hydrogens (tertiary/aromatic N) is 1. The van der Waals surface area contributed by atoms with Gasteiger partial charge < -0.3 is 4.74 Å². The van der Waals surface area contributed by atoms with Gasteiger partial charge in [0.1, 0.15) is 10.8 Å². The number of hydrogen-bond donors (Lipinski definition) is 1. The van der Waals surface area contributed by atoms with Crippen LogP contribution in [0.1, 0.15) is 11.1 Å². The van der Waals surface area contributed by atoms with Crippen LogP contribution in [0.5, 0.6) is 5.75 Å². The van der Waals surface area contributed by atoms with E-state index < -0.39 is 24.3 Å². The average Bonchev–Trinajstić information content (AvgIpc) is 2.56. The molecule has 9 heteroatoms. The van der Waals surface area contributed by atoms with Crippen molar-refractivity contribution in [3.05, 3.63) is 63.6 Å². The van der Waals surface area contributed by atoms with Crippen molar-refractivity contribution in [2.75, 3.05) is 6.61 Å². The van der Waals surface area contributed by atoms with Crippen molar-refractivity contribution < 1.29 is 22.7 Å². The van der Waals surface area contributed by atoms with Crippen LogP contribution in [-0.2, 0) is 11.0 Å². The molecule has 0 aliphatic rings. The van der Waals surface area contributed by atoms with Gasteiger partial charge in [0.2, 0.25) is 0 Å². The Balaban J connectivity index is 1.94. The summed E-state index contributed by atoms with van der Waals surface area (Å²) in [7, 11) is 0. The summed E-state index contributed by atoms with van der Waals surface area (Å²) in [5.74, 6) is -0.465. The molecule has 0 saturated heterocycles. The molecule has 1 N–H and O–H groups in total. The number of amides is 1. The Labute approximate surface area is 151 Å². The van der Waals surface area contributed by atoms with Crippen LogP contribution in [0.25, 0.3) is 0 Å². The molecule has 132 valence electrons. The van der Waals surface area contributed by atoms with Gasteiger partial charge in [-0.15, -0.1) is 0 Å². The van der Waals surface area contributed by atoms with Gasteiger partial charge >= 0.3 is 6.18 Å². The predicted molar refractivity (Wildman–Crippen MR) is 89.1 cm³/mol. The van der Waals surface area contributed by atoms with Crippen LogP contribution in [0.15, 0.2) is 47.6 Å². The number of rotatable bonds is 5. The highest BCUT2D eigenvalue weighted by Crippen LogP contribution is 2.32. The van der Waals surface area contributed by atoms with Crippen LogP contribution in [0.2, 0.25) is 10.0 Å². The summed E-state index contributed by atoms with van der Waals surface area (Å²) in [4.78, 5) is 11.6. The lowest BCUT2D eigenvalue weighted by molar-refractivity contribution is -0.137. The summed E-state index contributed by atoms with van der Waals surface area (Å²) < 4.78 is 43.6. The second-order valence-corrected chi connectivity index (χ2v) is 5.50. The second-order valence-electron chi connectivity index (χ2n) is 4.72. The molecule has 0 atom stereocenters. The van der Waals surface area contributed by atoms with Crippen molar-refractivity contribution in [1.82, 2.24) is 5.43 Å². The van der Waals surface area contributed by atoms with Gasteiger partial charge in [0.05, 0.1) is 16.8 Å². The third kappa shape index (κ3) is 5.37. The molecule has 0 fully saturated rings. The first-order valence-electron chi connectivity index (χ1n) is 6.84. The smallest absolute Gasteiger partial charge is 0.417 e. The Morgan fingerprint density at radius 3 is 2.60 bits per heavy atom. The molecule has 0 radical (unpaired) electrons. The zero-order chi connectivity index (χ0) is 18.4. The van der Waals surface area contributed by atoms with E-state index in [-0.39, 0.29) is 21.4 Å². The van der Waals surface area contributed by atoms with Crippen molar-refractivity contribution in [3.63, 3.8) is 0 Å². The summed E-state index contributed by atoms with van der Waals surface area (Å²) >= 11 is 11.7. The molecular weight excluding hydrogens is 380 g/mol. The van der Waals surface area contributed by atoms with Gasteiger partial charge in [-0.2, -0.15) is 18.3 Å². The number of hydrazone groups is 1. The van der Waals surface area contributed by atoms with Crippen LogP contribution < -0.4 is 10.2 Å². The summed E-state index contributed by atoms with van der Waals surface area (Å²) in [6.07, 6.45) is -3.61. The molecule has 4 nitrogen and oxygen atoms in total. The molecule has 25 heavy (non-hydrogen) atoms. The molecule has 0 aliphatic heterocycles. The monoisotopic (exact) mass is 390 g/mol. The van der Waals surface area contributed by atoms with Crippen molar-refractivity contribution in [1.29, 1.82) is 0 Å². The summed E-state index contributed by atoms with van der Waals surface area (Å²) in [6, 6.07) is 9.52.